The van der Waals surface area contributed by atoms with Crippen molar-refractivity contribution in [3.05, 3.63) is 54.0 Å². The van der Waals surface area contributed by atoms with Crippen molar-refractivity contribution in [1.82, 2.24) is 15.0 Å². The second kappa shape index (κ2) is 4.36. The highest BCUT2D eigenvalue weighted by atomic mass is 16.3. The number of nitrogens with zero attached hydrogens (tertiary/aromatic N) is 1. The van der Waals surface area contributed by atoms with Gasteiger partial charge in [-0.15, -0.1) is 0 Å². The highest BCUT2D eigenvalue weighted by Gasteiger charge is 2.15. The molecule has 0 radical (unpaired) electrons. The number of nitrogens with one attached hydrogen (secondary N) is 2. The molecule has 4 aromatic rings. The first-order chi connectivity index (χ1) is 10.6. The Bertz CT molecular complexity index is 947. The van der Waals surface area contributed by atoms with E-state index < -0.39 is 0 Å². The van der Waals surface area contributed by atoms with E-state index in [4.69, 9.17) is 5.73 Å². The van der Waals surface area contributed by atoms with E-state index in [0.717, 1.165) is 21.8 Å². The number of phenols is 1. The Morgan fingerprint density at radius 3 is 2.45 bits per heavy atom. The van der Waals surface area contributed by atoms with Crippen molar-refractivity contribution < 1.29 is 9.90 Å². The minimum atomic E-state index is -0.162. The van der Waals surface area contributed by atoms with Crippen molar-refractivity contribution in [1.29, 1.82) is 0 Å². The molecule has 0 aliphatic rings. The van der Waals surface area contributed by atoms with Crippen molar-refractivity contribution in [3.63, 3.8) is 0 Å². The zero-order chi connectivity index (χ0) is 15.3. The molecule has 0 saturated heterocycles. The van der Waals surface area contributed by atoms with Gasteiger partial charge in [0.05, 0.1) is 23.1 Å². The number of rotatable bonds is 2. The Kier molecular flexibility index (Phi) is 2.47. The summed E-state index contributed by atoms with van der Waals surface area (Å²) in [6, 6.07) is 10.1. The zero-order valence-corrected chi connectivity index (χ0v) is 11.4. The number of aromatic amines is 2. The van der Waals surface area contributed by atoms with Crippen molar-refractivity contribution in [2.75, 3.05) is 5.73 Å². The van der Waals surface area contributed by atoms with Crippen LogP contribution in [0.15, 0.2) is 42.6 Å². The van der Waals surface area contributed by atoms with Gasteiger partial charge in [-0.2, -0.15) is 0 Å². The molecular weight excluding hydrogens is 280 g/mol. The molecule has 0 bridgehead atoms. The van der Waals surface area contributed by atoms with Crippen LogP contribution < -0.4 is 5.73 Å². The molecule has 0 aliphatic heterocycles. The minimum Gasteiger partial charge on any atom is -0.508 e. The Balaban J connectivity index is 1.80. The third-order valence-electron chi connectivity index (χ3n) is 3.62. The van der Waals surface area contributed by atoms with Crippen LogP contribution in [-0.2, 0) is 0 Å². The van der Waals surface area contributed by atoms with Crippen molar-refractivity contribution >= 4 is 33.4 Å². The summed E-state index contributed by atoms with van der Waals surface area (Å²) in [4.78, 5) is 22.7. The van der Waals surface area contributed by atoms with Crippen LogP contribution in [0.25, 0.3) is 21.8 Å². The summed E-state index contributed by atoms with van der Waals surface area (Å²) < 4.78 is 0. The lowest BCUT2D eigenvalue weighted by molar-refractivity contribution is 0.103. The van der Waals surface area contributed by atoms with E-state index in [2.05, 4.69) is 15.0 Å². The summed E-state index contributed by atoms with van der Waals surface area (Å²) in [5.41, 5.74) is 8.10. The molecule has 0 spiro atoms. The molecule has 108 valence electrons. The summed E-state index contributed by atoms with van der Waals surface area (Å²) >= 11 is 0. The van der Waals surface area contributed by atoms with Gasteiger partial charge in [0.15, 0.2) is 0 Å². The first-order valence-corrected chi connectivity index (χ1v) is 6.71. The van der Waals surface area contributed by atoms with E-state index >= 15 is 0 Å². The summed E-state index contributed by atoms with van der Waals surface area (Å²) in [7, 11) is 0. The van der Waals surface area contributed by atoms with Crippen LogP contribution in [0.1, 0.15) is 16.2 Å². The van der Waals surface area contributed by atoms with Gasteiger partial charge < -0.3 is 20.8 Å². The summed E-state index contributed by atoms with van der Waals surface area (Å²) in [6.45, 7) is 0. The molecule has 5 N–H and O–H groups in total. The smallest absolute Gasteiger partial charge is 0.225 e. The third kappa shape index (κ3) is 1.89. The molecule has 0 unspecified atom stereocenters. The Morgan fingerprint density at radius 1 is 1.00 bits per heavy atom. The summed E-state index contributed by atoms with van der Waals surface area (Å²) in [5.74, 6) is 0.412. The van der Waals surface area contributed by atoms with Crippen LogP contribution in [0, 0.1) is 0 Å². The fraction of sp³-hybridized carbons (Fsp3) is 0. The number of pyridine rings is 1. The summed E-state index contributed by atoms with van der Waals surface area (Å²) in [6.07, 6.45) is 1.60. The Morgan fingerprint density at radius 2 is 1.68 bits per heavy atom. The molecule has 0 fully saturated rings. The highest BCUT2D eigenvalue weighted by molar-refractivity contribution is 6.11. The number of fused-ring (bicyclic) bond motifs is 2. The molecule has 3 aromatic heterocycles. The van der Waals surface area contributed by atoms with Crippen LogP contribution in [-0.4, -0.2) is 25.8 Å². The molecule has 6 heteroatoms. The number of hydrogen-bond acceptors (Lipinski definition) is 4. The van der Waals surface area contributed by atoms with E-state index in [1.807, 2.05) is 0 Å². The summed E-state index contributed by atoms with van der Waals surface area (Å²) in [5, 5.41) is 11.1. The maximum Gasteiger partial charge on any atom is 0.225 e. The largest absolute Gasteiger partial charge is 0.508 e. The number of carbonyl (C=O) groups excluding carboxylic acids is 1. The van der Waals surface area contributed by atoms with Gasteiger partial charge >= 0.3 is 0 Å². The minimum absolute atomic E-state index is 0.162. The van der Waals surface area contributed by atoms with E-state index in [0.29, 0.717) is 17.2 Å². The predicted octanol–water partition coefficient (Wildman–Crippen LogP) is 2.56. The molecule has 0 aliphatic carbocycles. The van der Waals surface area contributed by atoms with E-state index in [-0.39, 0.29) is 11.5 Å². The number of aromatic hydroxyl groups is 1. The lowest BCUT2D eigenvalue weighted by atomic mass is 10.2. The fourth-order valence-electron chi connectivity index (χ4n) is 2.56. The van der Waals surface area contributed by atoms with Gasteiger partial charge in [-0.3, -0.25) is 4.79 Å². The van der Waals surface area contributed by atoms with E-state index in [1.165, 1.54) is 0 Å². The number of hydrogen-bond donors (Lipinski definition) is 4. The van der Waals surface area contributed by atoms with Crippen LogP contribution in [0.4, 0.5) is 5.82 Å². The molecule has 4 rings (SSSR count). The fourth-order valence-corrected chi connectivity index (χ4v) is 2.56. The topological polar surface area (TPSA) is 108 Å². The second-order valence-electron chi connectivity index (χ2n) is 5.16. The number of nitrogens with two attached hydrogens (primary N) is 1. The van der Waals surface area contributed by atoms with Crippen LogP contribution in [0.5, 0.6) is 5.75 Å². The molecule has 1 aromatic carbocycles. The lowest BCUT2D eigenvalue weighted by Crippen LogP contribution is -2.01. The number of nitrogen functional groups attached to an aromatic ring is 1. The second-order valence-corrected chi connectivity index (χ2v) is 5.16. The average molecular weight is 292 g/mol. The Hall–Kier alpha value is -3.28. The maximum absolute atomic E-state index is 12.6. The maximum atomic E-state index is 12.6. The zero-order valence-electron chi connectivity index (χ0n) is 11.4. The number of ketones is 1. The first-order valence-electron chi connectivity index (χ1n) is 6.71. The molecule has 6 nitrogen and oxygen atoms in total. The highest BCUT2D eigenvalue weighted by Crippen LogP contribution is 2.23. The average Bonchev–Trinajstić information content (AvgIpc) is 3.08. The Labute approximate surface area is 124 Å². The number of aromatic nitrogens is 3. The van der Waals surface area contributed by atoms with Crippen molar-refractivity contribution in [2.24, 2.45) is 0 Å². The quantitative estimate of drug-likeness (QED) is 0.426. The van der Waals surface area contributed by atoms with Gasteiger partial charge in [0.1, 0.15) is 11.6 Å². The number of anilines is 1. The third-order valence-corrected chi connectivity index (χ3v) is 3.62. The standard InChI is InChI=1S/C16H12N4O2/c17-15-6-9-5-13(20-14(9)7-18-15)16(22)12-4-8-3-10(21)1-2-11(8)19-12/h1-7,19-21H,(H2,17,18). The van der Waals surface area contributed by atoms with Gasteiger partial charge in [0, 0.05) is 16.3 Å². The van der Waals surface area contributed by atoms with Crippen molar-refractivity contribution in [3.8, 4) is 5.75 Å². The van der Waals surface area contributed by atoms with Gasteiger partial charge in [0.2, 0.25) is 5.78 Å². The van der Waals surface area contributed by atoms with Gasteiger partial charge in [-0.05, 0) is 36.4 Å². The van der Waals surface area contributed by atoms with E-state index in [1.54, 1.807) is 42.6 Å². The first kappa shape index (κ1) is 12.5. The van der Waals surface area contributed by atoms with Gasteiger partial charge in [0.25, 0.3) is 0 Å². The molecule has 0 amide bonds. The van der Waals surface area contributed by atoms with Gasteiger partial charge in [-0.25, -0.2) is 4.98 Å². The monoisotopic (exact) mass is 292 g/mol. The van der Waals surface area contributed by atoms with E-state index in [9.17, 15) is 9.90 Å². The SMILES string of the molecule is Nc1cc2cc(C(=O)c3cc4cc(O)ccc4[nH]3)[nH]c2cn1. The van der Waals surface area contributed by atoms with Crippen LogP contribution in [0.3, 0.4) is 0 Å². The molecule has 0 saturated carbocycles. The molecule has 22 heavy (non-hydrogen) atoms. The number of H-pyrrole nitrogens is 2. The number of phenolic OH excluding ortho intramolecular Hbond substituents is 1. The molecule has 0 atom stereocenters. The molecule has 3 heterocycles. The van der Waals surface area contributed by atoms with Crippen LogP contribution in [0.2, 0.25) is 0 Å². The lowest BCUT2D eigenvalue weighted by Gasteiger charge is -1.93. The number of carbonyl (C=O) groups is 1. The van der Waals surface area contributed by atoms with Gasteiger partial charge in [-0.1, -0.05) is 0 Å². The van der Waals surface area contributed by atoms with Crippen LogP contribution >= 0.6 is 0 Å². The van der Waals surface area contributed by atoms with Crippen molar-refractivity contribution in [2.45, 2.75) is 0 Å². The number of benzene rings is 1. The predicted molar refractivity (Wildman–Crippen MR) is 83.9 cm³/mol. The normalized spacial score (nSPS) is 11.3. The molecular formula is C16H12N4O2.